The first-order chi connectivity index (χ1) is 7.86. The third-order valence-corrected chi connectivity index (χ3v) is 2.34. The first-order valence-electron chi connectivity index (χ1n) is 5.94. The van der Waals surface area contributed by atoms with Crippen molar-refractivity contribution in [2.75, 3.05) is 26.7 Å². The molecular formula is C12H24N2O3. The fourth-order valence-electron chi connectivity index (χ4n) is 1.21. The van der Waals surface area contributed by atoms with E-state index in [1.54, 1.807) is 4.90 Å². The second-order valence-electron chi connectivity index (χ2n) is 4.77. The number of carbonyl (C=O) groups excluding carboxylic acids is 2. The van der Waals surface area contributed by atoms with Gasteiger partial charge in [0.1, 0.15) is 0 Å². The van der Waals surface area contributed by atoms with E-state index < -0.39 is 0 Å². The Morgan fingerprint density at radius 2 is 1.76 bits per heavy atom. The van der Waals surface area contributed by atoms with Crippen LogP contribution in [-0.4, -0.2) is 49.6 Å². The number of amides is 1. The molecule has 0 aliphatic rings. The van der Waals surface area contributed by atoms with E-state index in [4.69, 9.17) is 0 Å². The van der Waals surface area contributed by atoms with Crippen molar-refractivity contribution >= 4 is 11.9 Å². The van der Waals surface area contributed by atoms with E-state index in [1.165, 1.54) is 7.11 Å². The van der Waals surface area contributed by atoms with Crippen LogP contribution in [0.25, 0.3) is 0 Å². The lowest BCUT2D eigenvalue weighted by atomic mass is 10.2. The van der Waals surface area contributed by atoms with Gasteiger partial charge in [-0.1, -0.05) is 13.8 Å². The van der Waals surface area contributed by atoms with Crippen LogP contribution < -0.4 is 5.32 Å². The molecule has 0 spiro atoms. The van der Waals surface area contributed by atoms with Crippen molar-refractivity contribution in [2.45, 2.75) is 33.7 Å². The highest BCUT2D eigenvalue weighted by molar-refractivity contribution is 5.79. The molecule has 0 rings (SSSR count). The zero-order chi connectivity index (χ0) is 13.4. The molecule has 0 aliphatic heterocycles. The van der Waals surface area contributed by atoms with Gasteiger partial charge < -0.3 is 10.1 Å². The molecule has 5 nitrogen and oxygen atoms in total. The van der Waals surface area contributed by atoms with Crippen molar-refractivity contribution in [3.63, 3.8) is 0 Å². The maximum Gasteiger partial charge on any atom is 0.319 e. The molecule has 0 atom stereocenters. The van der Waals surface area contributed by atoms with Gasteiger partial charge in [-0.05, 0) is 19.8 Å². The Morgan fingerprint density at radius 1 is 1.18 bits per heavy atom. The summed E-state index contributed by atoms with van der Waals surface area (Å²) in [6, 6.07) is 0.124. The SMILES string of the molecule is COC(=O)CN(CC(=O)NCC(C)C)C(C)C. The van der Waals surface area contributed by atoms with Crippen LogP contribution in [0.4, 0.5) is 0 Å². The van der Waals surface area contributed by atoms with Crippen LogP contribution in [0.5, 0.6) is 0 Å². The quantitative estimate of drug-likeness (QED) is 0.668. The fraction of sp³-hybridized carbons (Fsp3) is 0.833. The number of nitrogens with zero attached hydrogens (tertiary/aromatic N) is 1. The number of hydrogen-bond donors (Lipinski definition) is 1. The summed E-state index contributed by atoms with van der Waals surface area (Å²) in [6.45, 7) is 8.98. The summed E-state index contributed by atoms with van der Waals surface area (Å²) in [4.78, 5) is 24.6. The minimum atomic E-state index is -0.324. The molecule has 0 aromatic heterocycles. The minimum absolute atomic E-state index is 0.0590. The standard InChI is InChI=1S/C12H24N2O3/c1-9(2)6-13-11(15)7-14(10(3)4)8-12(16)17-5/h9-10H,6-8H2,1-5H3,(H,13,15). The first kappa shape index (κ1) is 15.9. The lowest BCUT2D eigenvalue weighted by Gasteiger charge is -2.24. The Kier molecular flexibility index (Phi) is 7.54. The summed E-state index contributed by atoms with van der Waals surface area (Å²) in [7, 11) is 1.35. The van der Waals surface area contributed by atoms with Crippen molar-refractivity contribution in [1.29, 1.82) is 0 Å². The molecule has 0 aliphatic carbocycles. The molecular weight excluding hydrogens is 220 g/mol. The molecule has 5 heteroatoms. The van der Waals surface area contributed by atoms with E-state index in [0.717, 1.165) is 0 Å². The lowest BCUT2D eigenvalue weighted by molar-refractivity contribution is -0.142. The van der Waals surface area contributed by atoms with Crippen LogP contribution in [0.1, 0.15) is 27.7 Å². The molecule has 0 fully saturated rings. The van der Waals surface area contributed by atoms with Crippen LogP contribution >= 0.6 is 0 Å². The van der Waals surface area contributed by atoms with Gasteiger partial charge in [0.15, 0.2) is 0 Å². The molecule has 0 radical (unpaired) electrons. The molecule has 0 unspecified atom stereocenters. The summed E-state index contributed by atoms with van der Waals surface area (Å²) >= 11 is 0. The van der Waals surface area contributed by atoms with Crippen molar-refractivity contribution in [3.05, 3.63) is 0 Å². The van der Waals surface area contributed by atoms with Crippen LogP contribution in [0.2, 0.25) is 0 Å². The predicted octanol–water partition coefficient (Wildman–Crippen LogP) is 0.642. The molecule has 0 saturated carbocycles. The van der Waals surface area contributed by atoms with E-state index in [1.807, 2.05) is 27.7 Å². The summed E-state index contributed by atoms with van der Waals surface area (Å²) < 4.78 is 4.60. The predicted molar refractivity (Wildman–Crippen MR) is 66.6 cm³/mol. The van der Waals surface area contributed by atoms with Gasteiger partial charge >= 0.3 is 5.97 Å². The van der Waals surface area contributed by atoms with Crippen molar-refractivity contribution in [1.82, 2.24) is 10.2 Å². The number of hydrogen-bond acceptors (Lipinski definition) is 4. The number of esters is 1. The average molecular weight is 244 g/mol. The number of rotatable bonds is 7. The van der Waals surface area contributed by atoms with Gasteiger partial charge in [-0.2, -0.15) is 0 Å². The molecule has 0 bridgehead atoms. The molecule has 0 aromatic carbocycles. The van der Waals surface area contributed by atoms with Crippen molar-refractivity contribution in [3.8, 4) is 0 Å². The van der Waals surface area contributed by atoms with Gasteiger partial charge in [0, 0.05) is 12.6 Å². The van der Waals surface area contributed by atoms with Crippen LogP contribution in [0, 0.1) is 5.92 Å². The highest BCUT2D eigenvalue weighted by Crippen LogP contribution is 1.98. The Labute approximate surface area is 103 Å². The summed E-state index contributed by atoms with van der Waals surface area (Å²) in [5.41, 5.74) is 0. The smallest absolute Gasteiger partial charge is 0.319 e. The van der Waals surface area contributed by atoms with E-state index in [2.05, 4.69) is 10.1 Å². The van der Waals surface area contributed by atoms with Crippen molar-refractivity contribution < 1.29 is 14.3 Å². The maximum absolute atomic E-state index is 11.6. The summed E-state index contributed by atoms with van der Waals surface area (Å²) in [5.74, 6) is 0.0405. The van der Waals surface area contributed by atoms with Crippen LogP contribution in [0.3, 0.4) is 0 Å². The molecule has 0 saturated heterocycles. The molecule has 1 N–H and O–H groups in total. The van der Waals surface area contributed by atoms with Gasteiger partial charge in [-0.15, -0.1) is 0 Å². The number of methoxy groups -OCH3 is 1. The molecule has 100 valence electrons. The minimum Gasteiger partial charge on any atom is -0.468 e. The van der Waals surface area contributed by atoms with Gasteiger partial charge in [0.2, 0.25) is 5.91 Å². The van der Waals surface area contributed by atoms with Gasteiger partial charge in [0.05, 0.1) is 20.2 Å². The van der Waals surface area contributed by atoms with E-state index >= 15 is 0 Å². The third kappa shape index (κ3) is 7.74. The van der Waals surface area contributed by atoms with Crippen LogP contribution in [0.15, 0.2) is 0 Å². The fourth-order valence-corrected chi connectivity index (χ4v) is 1.21. The monoisotopic (exact) mass is 244 g/mol. The Morgan fingerprint density at radius 3 is 2.18 bits per heavy atom. The lowest BCUT2D eigenvalue weighted by Crippen LogP contribution is -2.44. The van der Waals surface area contributed by atoms with E-state index in [0.29, 0.717) is 12.5 Å². The topological polar surface area (TPSA) is 58.6 Å². The van der Waals surface area contributed by atoms with E-state index in [-0.39, 0.29) is 31.0 Å². The average Bonchev–Trinajstić information content (AvgIpc) is 2.25. The zero-order valence-corrected chi connectivity index (χ0v) is 11.4. The second-order valence-corrected chi connectivity index (χ2v) is 4.77. The normalized spacial score (nSPS) is 11.1. The number of carbonyl (C=O) groups is 2. The number of ether oxygens (including phenoxy) is 1. The molecule has 0 heterocycles. The Hall–Kier alpha value is -1.10. The summed E-state index contributed by atoms with van der Waals surface area (Å²) in [5, 5.41) is 2.83. The van der Waals surface area contributed by atoms with Crippen molar-refractivity contribution in [2.24, 2.45) is 5.92 Å². The van der Waals surface area contributed by atoms with Gasteiger partial charge in [-0.25, -0.2) is 0 Å². The molecule has 0 aromatic rings. The van der Waals surface area contributed by atoms with Gasteiger partial charge in [0.25, 0.3) is 0 Å². The first-order valence-corrected chi connectivity index (χ1v) is 5.94. The Bertz CT molecular complexity index is 252. The highest BCUT2D eigenvalue weighted by atomic mass is 16.5. The summed E-state index contributed by atoms with van der Waals surface area (Å²) in [6.07, 6.45) is 0. The zero-order valence-electron chi connectivity index (χ0n) is 11.4. The van der Waals surface area contributed by atoms with E-state index in [9.17, 15) is 9.59 Å². The van der Waals surface area contributed by atoms with Gasteiger partial charge in [-0.3, -0.25) is 14.5 Å². The maximum atomic E-state index is 11.6. The Balaban J connectivity index is 4.15. The van der Waals surface area contributed by atoms with Crippen LogP contribution in [-0.2, 0) is 14.3 Å². The molecule has 17 heavy (non-hydrogen) atoms. The second kappa shape index (κ2) is 8.06. The number of nitrogens with one attached hydrogen (secondary N) is 1. The largest absolute Gasteiger partial charge is 0.468 e. The third-order valence-electron chi connectivity index (χ3n) is 2.34. The molecule has 1 amide bonds. The highest BCUT2D eigenvalue weighted by Gasteiger charge is 2.17.